The predicted molar refractivity (Wildman–Crippen MR) is 136 cm³/mol. The summed E-state index contributed by atoms with van der Waals surface area (Å²) in [6, 6.07) is 10.8. The number of hydrogen-bond donors (Lipinski definition) is 0. The fourth-order valence-corrected chi connectivity index (χ4v) is 5.21. The molecule has 5 rings (SSSR count). The van der Waals surface area contributed by atoms with Gasteiger partial charge in [-0.2, -0.15) is 10.4 Å². The van der Waals surface area contributed by atoms with Gasteiger partial charge in [-0.15, -0.1) is 0 Å². The van der Waals surface area contributed by atoms with Crippen molar-refractivity contribution in [2.75, 3.05) is 18.0 Å². The smallest absolute Gasteiger partial charge is 0.252 e. The molecule has 1 aliphatic rings. The molecular formula is C26H30N8O. The van der Waals surface area contributed by atoms with Crippen LogP contribution in [-0.2, 0) is 13.6 Å². The number of anilines is 1. The Bertz CT molecular complexity index is 1510. The Morgan fingerprint density at radius 3 is 2.74 bits per heavy atom. The normalized spacial score (nSPS) is 19.8. The standard InChI is InChI=1S/C26H30N8O/c1-16-12-28-22-10-20(6-7-21(22)29-16)19(4)33-13-18(3)34(14-17(33)2)23-11-25(35)31(5)24-15-32(9-8-27)30-26(23)24/h6-7,10-12,15,17-19H,9,13-14H2,1-5H3/t17-,18+,19-/m1/s1. The third kappa shape index (κ3) is 4.04. The van der Waals surface area contributed by atoms with Crippen molar-refractivity contribution in [1.82, 2.24) is 29.2 Å². The quantitative estimate of drug-likeness (QED) is 0.452. The molecule has 0 radical (unpaired) electrons. The first-order chi connectivity index (χ1) is 16.8. The summed E-state index contributed by atoms with van der Waals surface area (Å²) in [5.74, 6) is 0. The van der Waals surface area contributed by atoms with E-state index in [-0.39, 0.29) is 30.2 Å². The predicted octanol–water partition coefficient (Wildman–Crippen LogP) is 3.17. The van der Waals surface area contributed by atoms with Gasteiger partial charge in [-0.3, -0.25) is 19.4 Å². The summed E-state index contributed by atoms with van der Waals surface area (Å²) in [5.41, 5.74) is 6.22. The van der Waals surface area contributed by atoms with E-state index in [4.69, 9.17) is 5.26 Å². The molecular weight excluding hydrogens is 440 g/mol. The molecule has 1 aliphatic heterocycles. The molecule has 9 nitrogen and oxygen atoms in total. The maximum atomic E-state index is 12.8. The van der Waals surface area contributed by atoms with Crippen LogP contribution in [0, 0.1) is 18.3 Å². The van der Waals surface area contributed by atoms with Gasteiger partial charge in [0.25, 0.3) is 5.56 Å². The molecule has 1 saturated heterocycles. The second-order valence-electron chi connectivity index (χ2n) is 9.63. The van der Waals surface area contributed by atoms with Gasteiger partial charge in [-0.25, -0.2) is 4.98 Å². The van der Waals surface area contributed by atoms with E-state index < -0.39 is 0 Å². The van der Waals surface area contributed by atoms with Crippen LogP contribution in [-0.4, -0.2) is 54.4 Å². The largest absolute Gasteiger partial charge is 0.364 e. The van der Waals surface area contributed by atoms with E-state index in [9.17, 15) is 4.79 Å². The van der Waals surface area contributed by atoms with Gasteiger partial charge in [0.15, 0.2) is 0 Å². The number of piperazine rings is 1. The SMILES string of the molecule is Cc1cnc2cc([C@@H](C)N3C[C@H](C)N(c4cc(=O)n(C)c5cn(CC#N)nc45)C[C@H]3C)ccc2n1. The van der Waals surface area contributed by atoms with E-state index in [1.165, 1.54) is 5.56 Å². The first-order valence-electron chi connectivity index (χ1n) is 12.0. The summed E-state index contributed by atoms with van der Waals surface area (Å²) >= 11 is 0. The van der Waals surface area contributed by atoms with Gasteiger partial charge in [0.2, 0.25) is 0 Å². The van der Waals surface area contributed by atoms with Crippen LogP contribution < -0.4 is 10.5 Å². The fraction of sp³-hybridized carbons (Fsp3) is 0.423. The zero-order valence-electron chi connectivity index (χ0n) is 20.8. The molecule has 4 heterocycles. The molecule has 0 saturated carbocycles. The summed E-state index contributed by atoms with van der Waals surface area (Å²) in [6.45, 7) is 10.4. The fourth-order valence-electron chi connectivity index (χ4n) is 5.21. The molecule has 0 aliphatic carbocycles. The van der Waals surface area contributed by atoms with Crippen molar-refractivity contribution in [3.05, 3.63) is 58.3 Å². The molecule has 35 heavy (non-hydrogen) atoms. The Balaban J connectivity index is 1.44. The van der Waals surface area contributed by atoms with Crippen molar-refractivity contribution in [2.24, 2.45) is 7.05 Å². The molecule has 0 amide bonds. The molecule has 0 spiro atoms. The number of rotatable bonds is 4. The third-order valence-electron chi connectivity index (χ3n) is 7.18. The van der Waals surface area contributed by atoms with E-state index >= 15 is 0 Å². The zero-order chi connectivity index (χ0) is 24.9. The van der Waals surface area contributed by atoms with Crippen LogP contribution in [0.3, 0.4) is 0 Å². The van der Waals surface area contributed by atoms with Crippen LogP contribution in [0.2, 0.25) is 0 Å². The lowest BCUT2D eigenvalue weighted by atomic mass is 9.99. The minimum Gasteiger partial charge on any atom is -0.364 e. The average Bonchev–Trinajstić information content (AvgIpc) is 3.26. The average molecular weight is 471 g/mol. The summed E-state index contributed by atoms with van der Waals surface area (Å²) < 4.78 is 3.19. The number of nitriles is 1. The molecule has 4 aromatic rings. The molecule has 3 atom stereocenters. The lowest BCUT2D eigenvalue weighted by molar-refractivity contribution is 0.119. The Hall–Kier alpha value is -3.77. The van der Waals surface area contributed by atoms with E-state index in [2.05, 4.69) is 69.9 Å². The van der Waals surface area contributed by atoms with Gasteiger partial charge >= 0.3 is 0 Å². The first kappa shape index (κ1) is 23.0. The Kier molecular flexibility index (Phi) is 5.77. The molecule has 1 fully saturated rings. The van der Waals surface area contributed by atoms with E-state index in [1.54, 1.807) is 28.6 Å². The topological polar surface area (TPSA) is 95.9 Å². The first-order valence-corrected chi connectivity index (χ1v) is 12.0. The summed E-state index contributed by atoms with van der Waals surface area (Å²) in [7, 11) is 1.74. The third-order valence-corrected chi connectivity index (χ3v) is 7.18. The minimum atomic E-state index is -0.0767. The van der Waals surface area contributed by atoms with Gasteiger partial charge in [-0.1, -0.05) is 6.07 Å². The van der Waals surface area contributed by atoms with Gasteiger partial charge in [0, 0.05) is 50.5 Å². The number of fused-ring (bicyclic) bond motifs is 2. The zero-order valence-corrected chi connectivity index (χ0v) is 20.8. The molecule has 3 aromatic heterocycles. The lowest BCUT2D eigenvalue weighted by Crippen LogP contribution is -2.57. The highest BCUT2D eigenvalue weighted by Crippen LogP contribution is 2.33. The Morgan fingerprint density at radius 2 is 1.97 bits per heavy atom. The number of nitrogens with zero attached hydrogens (tertiary/aromatic N) is 8. The summed E-state index contributed by atoms with van der Waals surface area (Å²) in [6.07, 6.45) is 3.59. The van der Waals surface area contributed by atoms with E-state index in [0.717, 1.165) is 46.5 Å². The minimum absolute atomic E-state index is 0.0767. The van der Waals surface area contributed by atoms with Crippen LogP contribution >= 0.6 is 0 Å². The number of pyridine rings is 1. The van der Waals surface area contributed by atoms with Crippen LogP contribution in [0.1, 0.15) is 38.1 Å². The highest BCUT2D eigenvalue weighted by atomic mass is 16.1. The van der Waals surface area contributed by atoms with Gasteiger partial charge in [-0.05, 0) is 45.4 Å². The van der Waals surface area contributed by atoms with Crippen LogP contribution in [0.4, 0.5) is 5.69 Å². The highest BCUT2D eigenvalue weighted by Gasteiger charge is 2.34. The summed E-state index contributed by atoms with van der Waals surface area (Å²) in [5, 5.41) is 13.7. The van der Waals surface area contributed by atoms with Crippen LogP contribution in [0.15, 0.2) is 41.5 Å². The molecule has 0 unspecified atom stereocenters. The monoisotopic (exact) mass is 470 g/mol. The molecule has 0 N–H and O–H groups in total. The van der Waals surface area contributed by atoms with Gasteiger partial charge in [0.1, 0.15) is 12.1 Å². The Morgan fingerprint density at radius 1 is 1.17 bits per heavy atom. The number of benzene rings is 1. The number of aryl methyl sites for hydroxylation is 2. The van der Waals surface area contributed by atoms with Crippen molar-refractivity contribution in [3.8, 4) is 6.07 Å². The van der Waals surface area contributed by atoms with Crippen molar-refractivity contribution < 1.29 is 0 Å². The van der Waals surface area contributed by atoms with Crippen molar-refractivity contribution in [1.29, 1.82) is 5.26 Å². The Labute approximate surface area is 204 Å². The van der Waals surface area contributed by atoms with E-state index in [0.29, 0.717) is 0 Å². The second kappa shape index (κ2) is 8.78. The highest BCUT2D eigenvalue weighted by molar-refractivity contribution is 5.88. The molecule has 1 aromatic carbocycles. The molecule has 9 heteroatoms. The number of hydrogen-bond acceptors (Lipinski definition) is 7. The lowest BCUT2D eigenvalue weighted by Gasteiger charge is -2.47. The summed E-state index contributed by atoms with van der Waals surface area (Å²) in [4.78, 5) is 26.7. The number of aromatic nitrogens is 5. The van der Waals surface area contributed by atoms with Crippen molar-refractivity contribution >= 4 is 27.8 Å². The maximum Gasteiger partial charge on any atom is 0.252 e. The molecule has 0 bridgehead atoms. The molecule has 180 valence electrons. The van der Waals surface area contributed by atoms with Crippen molar-refractivity contribution in [3.63, 3.8) is 0 Å². The second-order valence-corrected chi connectivity index (χ2v) is 9.63. The van der Waals surface area contributed by atoms with E-state index in [1.807, 2.05) is 13.1 Å². The van der Waals surface area contributed by atoms with Gasteiger partial charge in [0.05, 0.1) is 40.2 Å². The van der Waals surface area contributed by atoms with Gasteiger partial charge < -0.3 is 9.47 Å². The maximum absolute atomic E-state index is 12.8. The van der Waals surface area contributed by atoms with Crippen molar-refractivity contribution in [2.45, 2.75) is 52.4 Å². The van der Waals surface area contributed by atoms with Crippen LogP contribution in [0.25, 0.3) is 22.1 Å². The van der Waals surface area contributed by atoms with Crippen LogP contribution in [0.5, 0.6) is 0 Å².